The number of nitrogens with one attached hydrogen (secondary N) is 1. The highest BCUT2D eigenvalue weighted by Crippen LogP contribution is 2.11. The number of hydrogen-bond donors (Lipinski definition) is 2. The molecular weight excluding hydrogens is 150 g/mol. The van der Waals surface area contributed by atoms with Crippen molar-refractivity contribution < 1.29 is 5.11 Å². The topological polar surface area (TPSA) is 32.3 Å². The molecule has 72 valence electrons. The molecule has 3 atom stereocenters. The zero-order chi connectivity index (χ0) is 9.56. The summed E-state index contributed by atoms with van der Waals surface area (Å²) < 4.78 is 0. The molecule has 2 N–H and O–H groups in total. The van der Waals surface area contributed by atoms with E-state index in [1.165, 1.54) is 0 Å². The van der Waals surface area contributed by atoms with Crippen molar-refractivity contribution in [2.75, 3.05) is 7.05 Å². The lowest BCUT2D eigenvalue weighted by atomic mass is 9.96. The van der Waals surface area contributed by atoms with Crippen LogP contribution in [0.4, 0.5) is 0 Å². The van der Waals surface area contributed by atoms with Crippen LogP contribution in [0.25, 0.3) is 0 Å². The summed E-state index contributed by atoms with van der Waals surface area (Å²) in [5.41, 5.74) is 0. The minimum atomic E-state index is -0.258. The summed E-state index contributed by atoms with van der Waals surface area (Å²) in [6.45, 7) is 6.07. The molecule has 0 fully saturated rings. The quantitative estimate of drug-likeness (QED) is 0.615. The number of likely N-dealkylation sites (N-methyl/N-ethyl adjacent to an activating group) is 1. The van der Waals surface area contributed by atoms with E-state index in [2.05, 4.69) is 18.3 Å². The lowest BCUT2D eigenvalue weighted by Gasteiger charge is -2.23. The maximum atomic E-state index is 9.72. The molecule has 2 nitrogen and oxygen atoms in total. The summed E-state index contributed by atoms with van der Waals surface area (Å²) >= 11 is 0. The van der Waals surface area contributed by atoms with Crippen LogP contribution in [0.5, 0.6) is 0 Å². The van der Waals surface area contributed by atoms with E-state index in [1.54, 1.807) is 0 Å². The number of aliphatic hydroxyl groups is 1. The Bertz CT molecular complexity index is 134. The minimum absolute atomic E-state index is 0.172. The zero-order valence-electron chi connectivity index (χ0n) is 8.54. The van der Waals surface area contributed by atoms with Gasteiger partial charge in [0.15, 0.2) is 0 Å². The van der Waals surface area contributed by atoms with Crippen molar-refractivity contribution in [3.05, 3.63) is 12.2 Å². The fraction of sp³-hybridized carbons (Fsp3) is 0.800. The van der Waals surface area contributed by atoms with E-state index >= 15 is 0 Å². The van der Waals surface area contributed by atoms with Crippen LogP contribution in [-0.2, 0) is 0 Å². The summed E-state index contributed by atoms with van der Waals surface area (Å²) in [4.78, 5) is 0. The van der Waals surface area contributed by atoms with Gasteiger partial charge >= 0.3 is 0 Å². The van der Waals surface area contributed by atoms with Gasteiger partial charge in [0.1, 0.15) is 0 Å². The molecule has 0 aromatic heterocycles. The molecule has 0 aliphatic rings. The lowest BCUT2D eigenvalue weighted by Crippen LogP contribution is -2.38. The Labute approximate surface area is 75.7 Å². The van der Waals surface area contributed by atoms with E-state index in [1.807, 2.05) is 27.0 Å². The number of allylic oxidation sites excluding steroid dienone is 2. The molecule has 0 aliphatic heterocycles. The normalized spacial score (nSPS) is 19.4. The van der Waals surface area contributed by atoms with Crippen molar-refractivity contribution >= 4 is 0 Å². The van der Waals surface area contributed by atoms with Crippen molar-refractivity contribution in [1.29, 1.82) is 0 Å². The number of rotatable bonds is 5. The first kappa shape index (κ1) is 11.7. The van der Waals surface area contributed by atoms with E-state index in [-0.39, 0.29) is 12.1 Å². The van der Waals surface area contributed by atoms with Crippen LogP contribution >= 0.6 is 0 Å². The average molecular weight is 171 g/mol. The van der Waals surface area contributed by atoms with Gasteiger partial charge in [0.05, 0.1) is 6.10 Å². The molecule has 2 heteroatoms. The predicted molar refractivity (Wildman–Crippen MR) is 53.1 cm³/mol. The van der Waals surface area contributed by atoms with E-state index in [0.717, 1.165) is 6.42 Å². The van der Waals surface area contributed by atoms with Crippen molar-refractivity contribution in [2.45, 2.75) is 39.3 Å². The molecule has 12 heavy (non-hydrogen) atoms. The highest BCUT2D eigenvalue weighted by molar-refractivity contribution is 4.84. The second kappa shape index (κ2) is 6.21. The third-order valence-electron chi connectivity index (χ3n) is 2.29. The van der Waals surface area contributed by atoms with Crippen LogP contribution < -0.4 is 5.32 Å². The standard InChI is InChI=1S/C10H21NO/c1-5-6-7-8(2)10(12)9(3)11-4/h5-6,8-12H,7H2,1-4H3/b6-5+/t8-,9+,10-/m1/s1. The van der Waals surface area contributed by atoms with Crippen molar-refractivity contribution in [1.82, 2.24) is 5.32 Å². The number of hydrogen-bond acceptors (Lipinski definition) is 2. The maximum absolute atomic E-state index is 9.72. The first-order valence-corrected chi connectivity index (χ1v) is 4.60. The van der Waals surface area contributed by atoms with Gasteiger partial charge in [-0.25, -0.2) is 0 Å². The van der Waals surface area contributed by atoms with Gasteiger partial charge in [-0.05, 0) is 33.2 Å². The monoisotopic (exact) mass is 171 g/mol. The summed E-state index contributed by atoms with van der Waals surface area (Å²) in [6.07, 6.45) is 4.80. The number of aliphatic hydroxyl groups excluding tert-OH is 1. The molecule has 0 amide bonds. The van der Waals surface area contributed by atoms with E-state index in [9.17, 15) is 5.11 Å². The first-order valence-electron chi connectivity index (χ1n) is 4.60. The van der Waals surface area contributed by atoms with Crippen LogP contribution in [0.2, 0.25) is 0 Å². The summed E-state index contributed by atoms with van der Waals surface area (Å²) in [5.74, 6) is 0.323. The van der Waals surface area contributed by atoms with Gasteiger partial charge in [-0.3, -0.25) is 0 Å². The third kappa shape index (κ3) is 3.88. The molecule has 0 saturated heterocycles. The van der Waals surface area contributed by atoms with Crippen LogP contribution in [0.3, 0.4) is 0 Å². The van der Waals surface area contributed by atoms with Gasteiger partial charge in [-0.1, -0.05) is 19.1 Å². The largest absolute Gasteiger partial charge is 0.391 e. The summed E-state index contributed by atoms with van der Waals surface area (Å²) in [6, 6.07) is 0.172. The zero-order valence-corrected chi connectivity index (χ0v) is 8.54. The van der Waals surface area contributed by atoms with Gasteiger partial charge in [-0.2, -0.15) is 0 Å². The Kier molecular flexibility index (Phi) is 6.03. The molecule has 0 aromatic rings. The molecule has 0 bridgehead atoms. The average Bonchev–Trinajstić information content (AvgIpc) is 2.11. The van der Waals surface area contributed by atoms with Crippen molar-refractivity contribution in [3.63, 3.8) is 0 Å². The molecule has 0 aromatic carbocycles. The molecule has 0 radical (unpaired) electrons. The Balaban J connectivity index is 3.82. The Hall–Kier alpha value is -0.340. The van der Waals surface area contributed by atoms with Crippen LogP contribution in [0.15, 0.2) is 12.2 Å². The van der Waals surface area contributed by atoms with Crippen LogP contribution in [0, 0.1) is 5.92 Å². The fourth-order valence-corrected chi connectivity index (χ4v) is 1.15. The second-order valence-corrected chi connectivity index (χ2v) is 3.35. The lowest BCUT2D eigenvalue weighted by molar-refractivity contribution is 0.0862. The Morgan fingerprint density at radius 3 is 2.42 bits per heavy atom. The molecule has 0 rings (SSSR count). The fourth-order valence-electron chi connectivity index (χ4n) is 1.15. The summed E-state index contributed by atoms with van der Waals surface area (Å²) in [5, 5.41) is 12.8. The van der Waals surface area contributed by atoms with Crippen molar-refractivity contribution in [3.8, 4) is 0 Å². The van der Waals surface area contributed by atoms with Crippen LogP contribution in [-0.4, -0.2) is 24.3 Å². The van der Waals surface area contributed by atoms with Gasteiger partial charge in [-0.15, -0.1) is 0 Å². The first-order chi connectivity index (χ1) is 5.63. The van der Waals surface area contributed by atoms with Crippen molar-refractivity contribution in [2.24, 2.45) is 5.92 Å². The van der Waals surface area contributed by atoms with E-state index in [0.29, 0.717) is 5.92 Å². The second-order valence-electron chi connectivity index (χ2n) is 3.35. The Morgan fingerprint density at radius 2 is 2.00 bits per heavy atom. The highest BCUT2D eigenvalue weighted by Gasteiger charge is 2.18. The Morgan fingerprint density at radius 1 is 1.42 bits per heavy atom. The molecule has 0 unspecified atom stereocenters. The summed E-state index contributed by atoms with van der Waals surface area (Å²) in [7, 11) is 1.87. The van der Waals surface area contributed by atoms with E-state index in [4.69, 9.17) is 0 Å². The maximum Gasteiger partial charge on any atom is 0.0718 e. The van der Waals surface area contributed by atoms with Gasteiger partial charge < -0.3 is 10.4 Å². The van der Waals surface area contributed by atoms with Gasteiger partial charge in [0.25, 0.3) is 0 Å². The van der Waals surface area contributed by atoms with Crippen LogP contribution in [0.1, 0.15) is 27.2 Å². The SMILES string of the molecule is C/C=C/C[C@@H](C)[C@@H](O)[C@H](C)NC. The molecular formula is C10H21NO. The van der Waals surface area contributed by atoms with E-state index < -0.39 is 0 Å². The molecule has 0 aliphatic carbocycles. The van der Waals surface area contributed by atoms with Gasteiger partial charge in [0, 0.05) is 6.04 Å². The highest BCUT2D eigenvalue weighted by atomic mass is 16.3. The third-order valence-corrected chi connectivity index (χ3v) is 2.29. The molecule has 0 saturated carbocycles. The molecule has 0 heterocycles. The molecule has 0 spiro atoms. The van der Waals surface area contributed by atoms with Gasteiger partial charge in [0.2, 0.25) is 0 Å². The minimum Gasteiger partial charge on any atom is -0.391 e. The smallest absolute Gasteiger partial charge is 0.0718 e. The predicted octanol–water partition coefficient (Wildman–Crippen LogP) is 1.56.